The second-order valence-corrected chi connectivity index (χ2v) is 3.21. The molecule has 1 aliphatic rings. The standard InChI is InChI=1S/C8H11N3O4/c12-8(13)7-9-6(15-10-7)5-11-1-3-14-4-2-11/h1-5H2,(H,12,13). The van der Waals surface area contributed by atoms with Gasteiger partial charge in [0.15, 0.2) is 0 Å². The monoisotopic (exact) mass is 213 g/mol. The zero-order chi connectivity index (χ0) is 10.7. The number of carbonyl (C=O) groups is 1. The van der Waals surface area contributed by atoms with Gasteiger partial charge in [-0.2, -0.15) is 4.98 Å². The third-order valence-corrected chi connectivity index (χ3v) is 2.12. The second kappa shape index (κ2) is 4.37. The lowest BCUT2D eigenvalue weighted by Crippen LogP contribution is -2.35. The van der Waals surface area contributed by atoms with Crippen molar-refractivity contribution in [1.29, 1.82) is 0 Å². The maximum Gasteiger partial charge on any atom is 0.377 e. The molecule has 0 amide bonds. The fraction of sp³-hybridized carbons (Fsp3) is 0.625. The highest BCUT2D eigenvalue weighted by Crippen LogP contribution is 2.05. The third kappa shape index (κ3) is 2.51. The van der Waals surface area contributed by atoms with Crippen molar-refractivity contribution in [3.8, 4) is 0 Å². The molecule has 0 radical (unpaired) electrons. The molecule has 15 heavy (non-hydrogen) atoms. The largest absolute Gasteiger partial charge is 0.475 e. The lowest BCUT2D eigenvalue weighted by molar-refractivity contribution is 0.0297. The van der Waals surface area contributed by atoms with Crippen LogP contribution in [-0.2, 0) is 11.3 Å². The van der Waals surface area contributed by atoms with Crippen LogP contribution in [-0.4, -0.2) is 52.4 Å². The summed E-state index contributed by atoms with van der Waals surface area (Å²) in [4.78, 5) is 16.3. The second-order valence-electron chi connectivity index (χ2n) is 3.21. The van der Waals surface area contributed by atoms with Crippen molar-refractivity contribution < 1.29 is 19.2 Å². The first-order chi connectivity index (χ1) is 7.25. The summed E-state index contributed by atoms with van der Waals surface area (Å²) in [5.41, 5.74) is 0. The molecule has 0 aliphatic carbocycles. The number of ether oxygens (including phenoxy) is 1. The molecule has 7 nitrogen and oxygen atoms in total. The maximum absolute atomic E-state index is 10.5. The third-order valence-electron chi connectivity index (χ3n) is 2.12. The van der Waals surface area contributed by atoms with E-state index >= 15 is 0 Å². The van der Waals surface area contributed by atoms with E-state index in [1.807, 2.05) is 0 Å². The number of morpholine rings is 1. The van der Waals surface area contributed by atoms with Crippen molar-refractivity contribution in [1.82, 2.24) is 15.0 Å². The molecule has 0 aromatic carbocycles. The minimum absolute atomic E-state index is 0.293. The Morgan fingerprint density at radius 2 is 2.20 bits per heavy atom. The van der Waals surface area contributed by atoms with Gasteiger partial charge in [0.2, 0.25) is 5.89 Å². The van der Waals surface area contributed by atoms with Crippen LogP contribution in [0.15, 0.2) is 4.52 Å². The summed E-state index contributed by atoms with van der Waals surface area (Å²) in [5, 5.41) is 11.9. The Morgan fingerprint density at radius 3 is 2.80 bits per heavy atom. The molecule has 2 heterocycles. The number of carboxylic acids is 1. The molecular weight excluding hydrogens is 202 g/mol. The van der Waals surface area contributed by atoms with Crippen molar-refractivity contribution in [3.63, 3.8) is 0 Å². The lowest BCUT2D eigenvalue weighted by atomic mass is 10.4. The summed E-state index contributed by atoms with van der Waals surface area (Å²) >= 11 is 0. The summed E-state index contributed by atoms with van der Waals surface area (Å²) in [6, 6.07) is 0. The summed E-state index contributed by atoms with van der Waals surface area (Å²) in [5.74, 6) is -1.14. The summed E-state index contributed by atoms with van der Waals surface area (Å²) < 4.78 is 9.98. The van der Waals surface area contributed by atoms with Crippen LogP contribution in [0.25, 0.3) is 0 Å². The first kappa shape index (κ1) is 10.1. The van der Waals surface area contributed by atoms with Gasteiger partial charge in [-0.3, -0.25) is 4.90 Å². The highest BCUT2D eigenvalue weighted by atomic mass is 16.5. The average molecular weight is 213 g/mol. The minimum Gasteiger partial charge on any atom is -0.475 e. The SMILES string of the molecule is O=C(O)c1noc(CN2CCOCC2)n1. The fourth-order valence-corrected chi connectivity index (χ4v) is 1.36. The van der Waals surface area contributed by atoms with E-state index in [1.165, 1.54) is 0 Å². The molecule has 1 aliphatic heterocycles. The molecule has 1 aromatic heterocycles. The van der Waals surface area contributed by atoms with Gasteiger partial charge in [0, 0.05) is 13.1 Å². The Hall–Kier alpha value is -1.47. The van der Waals surface area contributed by atoms with Crippen LogP contribution in [0.1, 0.15) is 16.5 Å². The maximum atomic E-state index is 10.5. The summed E-state index contributed by atoms with van der Waals surface area (Å²) in [6.07, 6.45) is 0. The minimum atomic E-state index is -1.17. The molecule has 1 saturated heterocycles. The molecule has 1 aromatic rings. The molecule has 1 fully saturated rings. The van der Waals surface area contributed by atoms with Crippen LogP contribution in [0, 0.1) is 0 Å². The Balaban J connectivity index is 1.94. The molecule has 0 saturated carbocycles. The van der Waals surface area contributed by atoms with Gasteiger partial charge < -0.3 is 14.4 Å². The van der Waals surface area contributed by atoms with Crippen LogP contribution in [0.2, 0.25) is 0 Å². The highest BCUT2D eigenvalue weighted by molar-refractivity contribution is 5.82. The van der Waals surface area contributed by atoms with E-state index in [4.69, 9.17) is 14.4 Å². The Morgan fingerprint density at radius 1 is 1.47 bits per heavy atom. The van der Waals surface area contributed by atoms with Crippen molar-refractivity contribution in [3.05, 3.63) is 11.7 Å². The number of hydrogen-bond acceptors (Lipinski definition) is 6. The van der Waals surface area contributed by atoms with E-state index in [9.17, 15) is 4.79 Å². The summed E-state index contributed by atoms with van der Waals surface area (Å²) in [7, 11) is 0. The highest BCUT2D eigenvalue weighted by Gasteiger charge is 2.17. The van der Waals surface area contributed by atoms with Gasteiger partial charge in [-0.05, 0) is 5.16 Å². The Labute approximate surface area is 85.6 Å². The van der Waals surface area contributed by atoms with Crippen molar-refractivity contribution in [2.45, 2.75) is 6.54 Å². The number of carboxylic acid groups (broad SMARTS) is 1. The number of aromatic carboxylic acids is 1. The molecule has 1 N–H and O–H groups in total. The van der Waals surface area contributed by atoms with Crippen molar-refractivity contribution in [2.75, 3.05) is 26.3 Å². The van der Waals surface area contributed by atoms with Gasteiger partial charge in [-0.25, -0.2) is 4.79 Å². The van der Waals surface area contributed by atoms with Gasteiger partial charge in [-0.15, -0.1) is 0 Å². The number of aromatic nitrogens is 2. The smallest absolute Gasteiger partial charge is 0.377 e. The van der Waals surface area contributed by atoms with Gasteiger partial charge in [0.05, 0.1) is 19.8 Å². The molecule has 82 valence electrons. The quantitative estimate of drug-likeness (QED) is 0.730. The number of hydrogen-bond donors (Lipinski definition) is 1. The van der Waals surface area contributed by atoms with E-state index in [1.54, 1.807) is 0 Å². The molecule has 0 unspecified atom stereocenters. The fourth-order valence-electron chi connectivity index (χ4n) is 1.36. The van der Waals surface area contributed by atoms with Crippen LogP contribution < -0.4 is 0 Å². The molecule has 7 heteroatoms. The predicted molar refractivity (Wildman–Crippen MR) is 47.4 cm³/mol. The van der Waals surface area contributed by atoms with E-state index in [-0.39, 0.29) is 5.82 Å². The predicted octanol–water partition coefficient (Wildman–Crippen LogP) is -0.400. The van der Waals surface area contributed by atoms with E-state index in [0.717, 1.165) is 13.1 Å². The van der Waals surface area contributed by atoms with Crippen LogP contribution in [0.4, 0.5) is 0 Å². The topological polar surface area (TPSA) is 88.7 Å². The van der Waals surface area contributed by atoms with Gasteiger partial charge >= 0.3 is 5.97 Å². The normalized spacial score (nSPS) is 17.9. The molecule has 0 spiro atoms. The molecule has 0 atom stereocenters. The van der Waals surface area contributed by atoms with Crippen LogP contribution in [0.3, 0.4) is 0 Å². The molecule has 0 bridgehead atoms. The summed E-state index contributed by atoms with van der Waals surface area (Å²) in [6.45, 7) is 3.43. The lowest BCUT2D eigenvalue weighted by Gasteiger charge is -2.24. The van der Waals surface area contributed by atoms with Gasteiger partial charge in [0.1, 0.15) is 0 Å². The number of nitrogens with zero attached hydrogens (tertiary/aromatic N) is 3. The van der Waals surface area contributed by atoms with Crippen molar-refractivity contribution >= 4 is 5.97 Å². The van der Waals surface area contributed by atoms with Gasteiger partial charge in [-0.1, -0.05) is 0 Å². The van der Waals surface area contributed by atoms with E-state index in [0.29, 0.717) is 25.6 Å². The molecule has 2 rings (SSSR count). The average Bonchev–Trinajstić information content (AvgIpc) is 2.68. The van der Waals surface area contributed by atoms with Crippen LogP contribution in [0.5, 0.6) is 0 Å². The van der Waals surface area contributed by atoms with E-state index in [2.05, 4.69) is 15.0 Å². The van der Waals surface area contributed by atoms with Crippen LogP contribution >= 0.6 is 0 Å². The van der Waals surface area contributed by atoms with Crippen molar-refractivity contribution in [2.24, 2.45) is 0 Å². The number of rotatable bonds is 3. The Kier molecular flexibility index (Phi) is 2.93. The molecular formula is C8H11N3O4. The first-order valence-electron chi connectivity index (χ1n) is 4.61. The van der Waals surface area contributed by atoms with Gasteiger partial charge in [0.25, 0.3) is 5.82 Å². The zero-order valence-electron chi connectivity index (χ0n) is 8.05. The van der Waals surface area contributed by atoms with E-state index < -0.39 is 5.97 Å². The first-order valence-corrected chi connectivity index (χ1v) is 4.61. The Bertz CT molecular complexity index is 345. The zero-order valence-corrected chi connectivity index (χ0v) is 8.05.